The minimum Gasteiger partial charge on any atom is -0.385 e. The van der Waals surface area contributed by atoms with Crippen LogP contribution in [-0.2, 0) is 0 Å². The summed E-state index contributed by atoms with van der Waals surface area (Å²) in [5.41, 5.74) is 2.85. The molecule has 0 aliphatic rings. The van der Waals surface area contributed by atoms with Crippen LogP contribution in [-0.4, -0.2) is 11.5 Å². The van der Waals surface area contributed by atoms with Gasteiger partial charge in [-0.3, -0.25) is 0 Å². The zero-order valence-electron chi connectivity index (χ0n) is 11.5. The van der Waals surface area contributed by atoms with Gasteiger partial charge in [0.25, 0.3) is 0 Å². The van der Waals surface area contributed by atoms with Crippen molar-refractivity contribution in [2.75, 3.05) is 11.9 Å². The van der Waals surface area contributed by atoms with Crippen LogP contribution in [0.25, 0.3) is 22.2 Å². The molecular weight excluding hydrogens is 270 g/mol. The van der Waals surface area contributed by atoms with Crippen molar-refractivity contribution in [1.82, 2.24) is 4.98 Å². The van der Waals surface area contributed by atoms with Gasteiger partial charge < -0.3 is 5.32 Å². The maximum absolute atomic E-state index is 13.5. The number of hydrogen-bond acceptors (Lipinski definition) is 2. The number of pyridine rings is 1. The first kappa shape index (κ1) is 13.5. The summed E-state index contributed by atoms with van der Waals surface area (Å²) in [5.74, 6) is -1.75. The van der Waals surface area contributed by atoms with Crippen molar-refractivity contribution in [3.63, 3.8) is 0 Å². The van der Waals surface area contributed by atoms with Gasteiger partial charge in [-0.1, -0.05) is 30.3 Å². The molecule has 1 heterocycles. The number of nitrogens with one attached hydrogen (secondary N) is 1. The summed E-state index contributed by atoms with van der Waals surface area (Å²) in [4.78, 5) is 4.44. The van der Waals surface area contributed by atoms with Crippen LogP contribution in [0.5, 0.6) is 0 Å². The Balaban J connectivity index is 2.26. The fourth-order valence-electron chi connectivity index (χ4n) is 2.31. The number of rotatable bonds is 3. The summed E-state index contributed by atoms with van der Waals surface area (Å²) in [5, 5.41) is 3.76. The Kier molecular flexibility index (Phi) is 3.52. The van der Waals surface area contributed by atoms with Crippen LogP contribution in [0.3, 0.4) is 0 Å². The maximum Gasteiger partial charge on any atom is 0.161 e. The molecule has 0 saturated heterocycles. The number of anilines is 1. The van der Waals surface area contributed by atoms with E-state index in [1.165, 1.54) is 6.07 Å². The fraction of sp³-hybridized carbons (Fsp3) is 0.118. The zero-order valence-corrected chi connectivity index (χ0v) is 11.5. The largest absolute Gasteiger partial charge is 0.385 e. The van der Waals surface area contributed by atoms with E-state index in [4.69, 9.17) is 0 Å². The number of nitrogens with zero attached hydrogens (tertiary/aromatic N) is 1. The Hall–Kier alpha value is -2.49. The fourth-order valence-corrected chi connectivity index (χ4v) is 2.31. The van der Waals surface area contributed by atoms with Gasteiger partial charge in [-0.05, 0) is 19.1 Å². The number of aromatic nitrogens is 1. The van der Waals surface area contributed by atoms with Crippen LogP contribution in [0.15, 0.2) is 48.5 Å². The van der Waals surface area contributed by atoms with Crippen molar-refractivity contribution < 1.29 is 8.78 Å². The molecular formula is C17H14F2N2. The number of benzene rings is 2. The SMILES string of the molecule is CCNc1cc(-c2ccccc2)nc2cc(F)c(F)cc12. The third kappa shape index (κ3) is 2.57. The molecule has 2 aromatic carbocycles. The second kappa shape index (κ2) is 5.48. The molecule has 21 heavy (non-hydrogen) atoms. The number of fused-ring (bicyclic) bond motifs is 1. The van der Waals surface area contributed by atoms with Crippen molar-refractivity contribution >= 4 is 16.6 Å². The van der Waals surface area contributed by atoms with E-state index in [1.807, 2.05) is 43.3 Å². The first-order chi connectivity index (χ1) is 10.2. The predicted molar refractivity (Wildman–Crippen MR) is 81.3 cm³/mol. The molecule has 0 unspecified atom stereocenters. The number of hydrogen-bond donors (Lipinski definition) is 1. The minimum atomic E-state index is -0.886. The Bertz CT molecular complexity index is 786. The smallest absolute Gasteiger partial charge is 0.161 e. The summed E-state index contributed by atoms with van der Waals surface area (Å²) in [6.07, 6.45) is 0. The van der Waals surface area contributed by atoms with Gasteiger partial charge in [-0.15, -0.1) is 0 Å². The van der Waals surface area contributed by atoms with Crippen LogP contribution in [0.1, 0.15) is 6.92 Å². The highest BCUT2D eigenvalue weighted by Gasteiger charge is 2.11. The van der Waals surface area contributed by atoms with Crippen LogP contribution in [0.4, 0.5) is 14.5 Å². The van der Waals surface area contributed by atoms with Crippen LogP contribution < -0.4 is 5.32 Å². The maximum atomic E-state index is 13.5. The normalized spacial score (nSPS) is 10.8. The molecule has 0 fully saturated rings. The first-order valence-electron chi connectivity index (χ1n) is 6.78. The van der Waals surface area contributed by atoms with Crippen LogP contribution in [0, 0.1) is 11.6 Å². The van der Waals surface area contributed by atoms with E-state index in [0.717, 1.165) is 23.0 Å². The van der Waals surface area contributed by atoms with E-state index in [1.54, 1.807) is 0 Å². The molecule has 0 bridgehead atoms. The zero-order chi connectivity index (χ0) is 14.8. The lowest BCUT2D eigenvalue weighted by Gasteiger charge is -2.11. The van der Waals surface area contributed by atoms with E-state index in [2.05, 4.69) is 10.3 Å². The second-order valence-corrected chi connectivity index (χ2v) is 4.73. The molecule has 1 aromatic heterocycles. The van der Waals surface area contributed by atoms with Crippen molar-refractivity contribution in [3.05, 3.63) is 60.2 Å². The molecule has 4 heteroatoms. The minimum absolute atomic E-state index is 0.436. The highest BCUT2D eigenvalue weighted by atomic mass is 19.2. The molecule has 0 saturated carbocycles. The highest BCUT2D eigenvalue weighted by molar-refractivity contribution is 5.93. The van der Waals surface area contributed by atoms with E-state index >= 15 is 0 Å². The van der Waals surface area contributed by atoms with Gasteiger partial charge in [0.05, 0.1) is 11.2 Å². The molecule has 0 aliphatic carbocycles. The number of halogens is 2. The Labute approximate surface area is 121 Å². The highest BCUT2D eigenvalue weighted by Crippen LogP contribution is 2.29. The summed E-state index contributed by atoms with van der Waals surface area (Å²) < 4.78 is 26.9. The van der Waals surface area contributed by atoms with E-state index in [9.17, 15) is 8.78 Å². The van der Waals surface area contributed by atoms with Gasteiger partial charge in [-0.25, -0.2) is 13.8 Å². The van der Waals surface area contributed by atoms with E-state index in [-0.39, 0.29) is 0 Å². The van der Waals surface area contributed by atoms with Gasteiger partial charge in [-0.2, -0.15) is 0 Å². The van der Waals surface area contributed by atoms with Crippen LogP contribution in [0.2, 0.25) is 0 Å². The molecule has 1 N–H and O–H groups in total. The summed E-state index contributed by atoms with van der Waals surface area (Å²) in [6.45, 7) is 2.64. The predicted octanol–water partition coefficient (Wildman–Crippen LogP) is 4.61. The lowest BCUT2D eigenvalue weighted by Crippen LogP contribution is -2.00. The lowest BCUT2D eigenvalue weighted by molar-refractivity contribution is 0.510. The molecule has 0 aliphatic heterocycles. The van der Waals surface area contributed by atoms with E-state index in [0.29, 0.717) is 17.4 Å². The third-order valence-corrected chi connectivity index (χ3v) is 3.29. The molecule has 3 aromatic rings. The molecule has 106 valence electrons. The van der Waals surface area contributed by atoms with Gasteiger partial charge in [0.2, 0.25) is 0 Å². The van der Waals surface area contributed by atoms with Gasteiger partial charge in [0.1, 0.15) is 0 Å². The quantitative estimate of drug-likeness (QED) is 0.759. The monoisotopic (exact) mass is 284 g/mol. The molecule has 0 atom stereocenters. The Morgan fingerprint density at radius 3 is 2.43 bits per heavy atom. The average molecular weight is 284 g/mol. The van der Waals surface area contributed by atoms with Crippen molar-refractivity contribution in [3.8, 4) is 11.3 Å². The summed E-state index contributed by atoms with van der Waals surface area (Å²) in [7, 11) is 0. The van der Waals surface area contributed by atoms with Crippen molar-refractivity contribution in [1.29, 1.82) is 0 Å². The average Bonchev–Trinajstić information content (AvgIpc) is 2.50. The molecule has 0 spiro atoms. The van der Waals surface area contributed by atoms with Crippen molar-refractivity contribution in [2.45, 2.75) is 6.92 Å². The molecule has 0 radical (unpaired) electrons. The summed E-state index contributed by atoms with van der Waals surface area (Å²) in [6, 6.07) is 13.8. The summed E-state index contributed by atoms with van der Waals surface area (Å²) >= 11 is 0. The first-order valence-corrected chi connectivity index (χ1v) is 6.78. The Morgan fingerprint density at radius 1 is 1.00 bits per heavy atom. The standard InChI is InChI=1S/C17H14F2N2/c1-2-20-16-10-15(11-6-4-3-5-7-11)21-17-9-14(19)13(18)8-12(16)17/h3-10H,2H2,1H3,(H,20,21). The molecule has 3 rings (SSSR count). The van der Waals surface area contributed by atoms with Crippen LogP contribution >= 0.6 is 0 Å². The second-order valence-electron chi connectivity index (χ2n) is 4.73. The molecule has 0 amide bonds. The van der Waals surface area contributed by atoms with E-state index < -0.39 is 11.6 Å². The lowest BCUT2D eigenvalue weighted by atomic mass is 10.1. The topological polar surface area (TPSA) is 24.9 Å². The Morgan fingerprint density at radius 2 is 1.71 bits per heavy atom. The van der Waals surface area contributed by atoms with Gasteiger partial charge in [0, 0.05) is 29.2 Å². The van der Waals surface area contributed by atoms with Gasteiger partial charge >= 0.3 is 0 Å². The third-order valence-electron chi connectivity index (χ3n) is 3.29. The van der Waals surface area contributed by atoms with Crippen molar-refractivity contribution in [2.24, 2.45) is 0 Å². The van der Waals surface area contributed by atoms with Gasteiger partial charge in [0.15, 0.2) is 11.6 Å². The molecule has 2 nitrogen and oxygen atoms in total.